The highest BCUT2D eigenvalue weighted by molar-refractivity contribution is 6.33. The van der Waals surface area contributed by atoms with Gasteiger partial charge in [-0.3, -0.25) is 4.68 Å². The number of rotatable bonds is 3. The number of aromatic nitrogens is 2. The molecule has 3 aromatic rings. The molecule has 0 radical (unpaired) electrons. The molecule has 0 atom stereocenters. The molecule has 0 bridgehead atoms. The van der Waals surface area contributed by atoms with Crippen LogP contribution in [0.25, 0.3) is 11.1 Å². The first-order chi connectivity index (χ1) is 9.72. The van der Waals surface area contributed by atoms with E-state index in [4.69, 9.17) is 17.3 Å². The predicted molar refractivity (Wildman–Crippen MR) is 82.6 cm³/mol. The largest absolute Gasteiger partial charge is 0.398 e. The summed E-state index contributed by atoms with van der Waals surface area (Å²) in [6, 6.07) is 15.8. The fourth-order valence-electron chi connectivity index (χ4n) is 2.11. The smallest absolute Gasteiger partial charge is 0.0660 e. The maximum Gasteiger partial charge on any atom is 0.0660 e. The molecule has 0 spiro atoms. The van der Waals surface area contributed by atoms with Crippen LogP contribution in [-0.4, -0.2) is 9.78 Å². The molecule has 1 heterocycles. The van der Waals surface area contributed by atoms with Crippen molar-refractivity contribution in [3.63, 3.8) is 0 Å². The van der Waals surface area contributed by atoms with Crippen LogP contribution in [0.2, 0.25) is 5.02 Å². The molecule has 0 fully saturated rings. The summed E-state index contributed by atoms with van der Waals surface area (Å²) in [5.41, 5.74) is 9.75. The summed E-state index contributed by atoms with van der Waals surface area (Å²) < 4.78 is 1.89. The number of nitrogen functional groups attached to an aromatic ring is 1. The second-order valence-corrected chi connectivity index (χ2v) is 5.06. The zero-order valence-electron chi connectivity index (χ0n) is 10.8. The van der Waals surface area contributed by atoms with E-state index in [1.165, 1.54) is 0 Å². The van der Waals surface area contributed by atoms with Crippen LogP contribution in [0.3, 0.4) is 0 Å². The summed E-state index contributed by atoms with van der Waals surface area (Å²) in [4.78, 5) is 0. The van der Waals surface area contributed by atoms with Crippen molar-refractivity contribution in [1.82, 2.24) is 9.78 Å². The van der Waals surface area contributed by atoms with Crippen LogP contribution in [-0.2, 0) is 6.54 Å². The first-order valence-electron chi connectivity index (χ1n) is 6.34. The summed E-state index contributed by atoms with van der Waals surface area (Å²) in [6.07, 6.45) is 3.90. The zero-order valence-corrected chi connectivity index (χ0v) is 11.6. The van der Waals surface area contributed by atoms with Crippen molar-refractivity contribution in [3.8, 4) is 11.1 Å². The van der Waals surface area contributed by atoms with Gasteiger partial charge in [0.05, 0.1) is 23.5 Å². The standard InChI is InChI=1S/C16H14ClN3/c17-15-7-6-12(8-16(15)18)10-20-11-14(9-19-20)13-4-2-1-3-5-13/h1-9,11H,10,18H2. The molecule has 3 nitrogen and oxygen atoms in total. The van der Waals surface area contributed by atoms with E-state index >= 15 is 0 Å². The molecular weight excluding hydrogens is 270 g/mol. The molecule has 4 heteroatoms. The Hall–Kier alpha value is -2.26. The normalized spacial score (nSPS) is 10.7. The van der Waals surface area contributed by atoms with Crippen LogP contribution in [0.1, 0.15) is 5.56 Å². The number of hydrogen-bond acceptors (Lipinski definition) is 2. The summed E-state index contributed by atoms with van der Waals surface area (Å²) in [5, 5.41) is 4.97. The van der Waals surface area contributed by atoms with E-state index in [1.54, 1.807) is 0 Å². The predicted octanol–water partition coefficient (Wildman–Crippen LogP) is 3.83. The van der Waals surface area contributed by atoms with E-state index in [0.29, 0.717) is 17.3 Å². The van der Waals surface area contributed by atoms with E-state index in [2.05, 4.69) is 17.2 Å². The quantitative estimate of drug-likeness (QED) is 0.742. The Bertz CT molecular complexity index is 720. The highest BCUT2D eigenvalue weighted by Gasteiger charge is 2.03. The summed E-state index contributed by atoms with van der Waals surface area (Å²) in [5.74, 6) is 0. The van der Waals surface area contributed by atoms with E-state index in [9.17, 15) is 0 Å². The third kappa shape index (κ3) is 2.68. The van der Waals surface area contributed by atoms with Gasteiger partial charge in [-0.05, 0) is 23.3 Å². The molecule has 3 rings (SSSR count). The molecule has 0 aliphatic carbocycles. The highest BCUT2D eigenvalue weighted by Crippen LogP contribution is 2.21. The van der Waals surface area contributed by atoms with Crippen LogP contribution in [0.5, 0.6) is 0 Å². The Morgan fingerprint density at radius 2 is 1.85 bits per heavy atom. The number of benzene rings is 2. The topological polar surface area (TPSA) is 43.8 Å². The third-order valence-electron chi connectivity index (χ3n) is 3.15. The minimum absolute atomic E-state index is 0.583. The van der Waals surface area contributed by atoms with Crippen LogP contribution in [0.4, 0.5) is 5.69 Å². The van der Waals surface area contributed by atoms with Gasteiger partial charge in [0.2, 0.25) is 0 Å². The molecule has 2 N–H and O–H groups in total. The van der Waals surface area contributed by atoms with Crippen molar-refractivity contribution in [1.29, 1.82) is 0 Å². The van der Waals surface area contributed by atoms with Gasteiger partial charge < -0.3 is 5.73 Å². The van der Waals surface area contributed by atoms with Gasteiger partial charge in [0, 0.05) is 11.8 Å². The van der Waals surface area contributed by atoms with Crippen LogP contribution < -0.4 is 5.73 Å². The Labute approximate surface area is 122 Å². The fraction of sp³-hybridized carbons (Fsp3) is 0.0625. The average molecular weight is 284 g/mol. The summed E-state index contributed by atoms with van der Waals surface area (Å²) in [7, 11) is 0. The first kappa shape index (κ1) is 12.8. The molecule has 0 amide bonds. The lowest BCUT2D eigenvalue weighted by molar-refractivity contribution is 0.687. The van der Waals surface area contributed by atoms with Gasteiger partial charge in [0.1, 0.15) is 0 Å². The van der Waals surface area contributed by atoms with Gasteiger partial charge in [0.15, 0.2) is 0 Å². The van der Waals surface area contributed by atoms with Crippen molar-refractivity contribution in [3.05, 3.63) is 71.5 Å². The second kappa shape index (κ2) is 5.39. The minimum Gasteiger partial charge on any atom is -0.398 e. The molecule has 20 heavy (non-hydrogen) atoms. The first-order valence-corrected chi connectivity index (χ1v) is 6.72. The minimum atomic E-state index is 0.583. The number of nitrogens with two attached hydrogens (primary N) is 1. The summed E-state index contributed by atoms with van der Waals surface area (Å²) >= 11 is 5.92. The maximum atomic E-state index is 5.92. The van der Waals surface area contributed by atoms with Gasteiger partial charge in [-0.1, -0.05) is 48.0 Å². The molecule has 0 saturated carbocycles. The van der Waals surface area contributed by atoms with Crippen molar-refractivity contribution >= 4 is 17.3 Å². The Balaban J connectivity index is 1.82. The van der Waals surface area contributed by atoms with Gasteiger partial charge in [-0.25, -0.2) is 0 Å². The van der Waals surface area contributed by atoms with E-state index in [-0.39, 0.29) is 0 Å². The molecule has 0 aliphatic heterocycles. The molecular formula is C16H14ClN3. The van der Waals surface area contributed by atoms with Crippen molar-refractivity contribution in [2.24, 2.45) is 0 Å². The van der Waals surface area contributed by atoms with Gasteiger partial charge >= 0.3 is 0 Å². The zero-order chi connectivity index (χ0) is 13.9. The molecule has 0 saturated heterocycles. The molecule has 100 valence electrons. The highest BCUT2D eigenvalue weighted by atomic mass is 35.5. The van der Waals surface area contributed by atoms with E-state index in [0.717, 1.165) is 16.7 Å². The lowest BCUT2D eigenvalue weighted by Crippen LogP contribution is -2.00. The Kier molecular flexibility index (Phi) is 3.44. The fourth-order valence-corrected chi connectivity index (χ4v) is 2.23. The number of nitrogens with zero attached hydrogens (tertiary/aromatic N) is 2. The lowest BCUT2D eigenvalue weighted by Gasteiger charge is -2.04. The monoisotopic (exact) mass is 283 g/mol. The van der Waals surface area contributed by atoms with Crippen molar-refractivity contribution in [2.45, 2.75) is 6.54 Å². The number of halogens is 1. The average Bonchev–Trinajstić information content (AvgIpc) is 2.92. The van der Waals surface area contributed by atoms with Gasteiger partial charge in [-0.2, -0.15) is 5.10 Å². The van der Waals surface area contributed by atoms with E-state index in [1.807, 2.05) is 53.5 Å². The molecule has 1 aromatic heterocycles. The van der Waals surface area contributed by atoms with Crippen LogP contribution >= 0.6 is 11.6 Å². The van der Waals surface area contributed by atoms with Crippen LogP contribution in [0, 0.1) is 0 Å². The Morgan fingerprint density at radius 3 is 2.60 bits per heavy atom. The SMILES string of the molecule is Nc1cc(Cn2cc(-c3ccccc3)cn2)ccc1Cl. The van der Waals surface area contributed by atoms with E-state index < -0.39 is 0 Å². The number of hydrogen-bond donors (Lipinski definition) is 1. The van der Waals surface area contributed by atoms with Gasteiger partial charge in [-0.15, -0.1) is 0 Å². The van der Waals surface area contributed by atoms with Crippen molar-refractivity contribution in [2.75, 3.05) is 5.73 Å². The third-order valence-corrected chi connectivity index (χ3v) is 3.49. The summed E-state index contributed by atoms with van der Waals surface area (Å²) in [6.45, 7) is 0.675. The molecule has 0 unspecified atom stereocenters. The Morgan fingerprint density at radius 1 is 1.05 bits per heavy atom. The number of anilines is 1. The van der Waals surface area contributed by atoms with Crippen LogP contribution in [0.15, 0.2) is 60.9 Å². The van der Waals surface area contributed by atoms with Gasteiger partial charge in [0.25, 0.3) is 0 Å². The second-order valence-electron chi connectivity index (χ2n) is 4.65. The maximum absolute atomic E-state index is 5.92. The molecule has 2 aromatic carbocycles. The lowest BCUT2D eigenvalue weighted by atomic mass is 10.1. The molecule has 0 aliphatic rings. The van der Waals surface area contributed by atoms with Crippen molar-refractivity contribution < 1.29 is 0 Å².